The van der Waals surface area contributed by atoms with E-state index in [1.54, 1.807) is 42.5 Å². The van der Waals surface area contributed by atoms with Gasteiger partial charge in [-0.05, 0) is 42.8 Å². The molecule has 1 aromatic heterocycles. The summed E-state index contributed by atoms with van der Waals surface area (Å²) in [7, 11) is 0. The van der Waals surface area contributed by atoms with Crippen LogP contribution < -0.4 is 10.4 Å². The van der Waals surface area contributed by atoms with Crippen LogP contribution in [0.3, 0.4) is 0 Å². The molecule has 2 amide bonds. The van der Waals surface area contributed by atoms with Gasteiger partial charge in [0.05, 0.1) is 10.6 Å². The normalized spacial score (nSPS) is 15.1. The van der Waals surface area contributed by atoms with Gasteiger partial charge in [0.25, 0.3) is 17.5 Å². The third kappa shape index (κ3) is 3.39. The number of benzene rings is 2. The number of amides is 2. The fraction of sp³-hybridized carbons (Fsp3) is 0.0476. The zero-order valence-electron chi connectivity index (χ0n) is 15.3. The van der Waals surface area contributed by atoms with Crippen LogP contribution in [0.4, 0.5) is 11.4 Å². The molecular weight excluding hydrogens is 374 g/mol. The third-order valence-corrected chi connectivity index (χ3v) is 4.52. The van der Waals surface area contributed by atoms with Gasteiger partial charge in [0.2, 0.25) is 0 Å². The molecule has 0 unspecified atom stereocenters. The van der Waals surface area contributed by atoms with Crippen molar-refractivity contribution in [1.82, 2.24) is 5.43 Å². The lowest BCUT2D eigenvalue weighted by Crippen LogP contribution is -2.35. The molecule has 4 rings (SSSR count). The van der Waals surface area contributed by atoms with Crippen LogP contribution in [-0.2, 0) is 9.59 Å². The van der Waals surface area contributed by atoms with Crippen LogP contribution in [0.2, 0.25) is 0 Å². The molecule has 29 heavy (non-hydrogen) atoms. The van der Waals surface area contributed by atoms with Gasteiger partial charge >= 0.3 is 0 Å². The highest BCUT2D eigenvalue weighted by Crippen LogP contribution is 2.30. The molecule has 1 saturated heterocycles. The molecule has 0 atom stereocenters. The first-order valence-electron chi connectivity index (χ1n) is 8.71. The number of nitro benzene ring substituents is 1. The quantitative estimate of drug-likeness (QED) is 0.317. The van der Waals surface area contributed by atoms with Crippen molar-refractivity contribution in [2.75, 3.05) is 5.01 Å². The monoisotopic (exact) mass is 389 g/mol. The SMILES string of the molecule is Cc1ccc([N+](=O)[O-])cc1-c1ccc(/C=C2\C(=O)NN(c3ccccc3)C2=O)o1. The zero-order valence-corrected chi connectivity index (χ0v) is 15.3. The summed E-state index contributed by atoms with van der Waals surface area (Å²) in [5.74, 6) is -0.336. The number of hydrazine groups is 1. The number of aryl methyl sites for hydroxylation is 1. The molecule has 0 saturated carbocycles. The molecule has 0 radical (unpaired) electrons. The van der Waals surface area contributed by atoms with Gasteiger partial charge in [-0.3, -0.25) is 25.1 Å². The second-order valence-electron chi connectivity index (χ2n) is 6.43. The summed E-state index contributed by atoms with van der Waals surface area (Å²) in [6.07, 6.45) is 1.36. The number of hydrogen-bond donors (Lipinski definition) is 1. The van der Waals surface area contributed by atoms with Crippen LogP contribution in [0.15, 0.2) is 70.7 Å². The van der Waals surface area contributed by atoms with Crippen molar-refractivity contribution >= 4 is 29.3 Å². The van der Waals surface area contributed by atoms with E-state index >= 15 is 0 Å². The van der Waals surface area contributed by atoms with E-state index in [1.165, 1.54) is 23.2 Å². The minimum absolute atomic E-state index is 0.0502. The van der Waals surface area contributed by atoms with Crippen molar-refractivity contribution in [2.24, 2.45) is 0 Å². The number of nitro groups is 1. The first-order chi connectivity index (χ1) is 13.9. The molecule has 0 aliphatic carbocycles. The number of anilines is 1. The zero-order chi connectivity index (χ0) is 20.5. The summed E-state index contributed by atoms with van der Waals surface area (Å²) >= 11 is 0. The van der Waals surface area contributed by atoms with Crippen molar-refractivity contribution in [1.29, 1.82) is 0 Å². The van der Waals surface area contributed by atoms with Crippen LogP contribution in [0, 0.1) is 17.0 Å². The van der Waals surface area contributed by atoms with E-state index in [-0.39, 0.29) is 11.3 Å². The molecule has 1 aliphatic rings. The number of para-hydroxylation sites is 1. The third-order valence-electron chi connectivity index (χ3n) is 4.52. The number of nitrogens with zero attached hydrogens (tertiary/aromatic N) is 2. The van der Waals surface area contributed by atoms with E-state index < -0.39 is 16.7 Å². The Balaban J connectivity index is 1.65. The molecule has 0 bridgehead atoms. The summed E-state index contributed by atoms with van der Waals surface area (Å²) in [5.41, 5.74) is 4.31. The number of furan rings is 1. The lowest BCUT2D eigenvalue weighted by Gasteiger charge is -2.13. The number of rotatable bonds is 4. The predicted octanol–water partition coefficient (Wildman–Crippen LogP) is 3.62. The van der Waals surface area contributed by atoms with E-state index in [4.69, 9.17) is 4.42 Å². The summed E-state index contributed by atoms with van der Waals surface area (Å²) in [6, 6.07) is 16.5. The van der Waals surface area contributed by atoms with Crippen LogP contribution in [0.25, 0.3) is 17.4 Å². The number of hydrogen-bond acceptors (Lipinski definition) is 5. The highest BCUT2D eigenvalue weighted by Gasteiger charge is 2.34. The molecule has 0 spiro atoms. The van der Waals surface area contributed by atoms with Crippen molar-refractivity contribution < 1.29 is 18.9 Å². The van der Waals surface area contributed by atoms with Gasteiger partial charge in [-0.15, -0.1) is 0 Å². The molecular formula is C21H15N3O5. The van der Waals surface area contributed by atoms with Crippen LogP contribution in [-0.4, -0.2) is 16.7 Å². The average Bonchev–Trinajstić information content (AvgIpc) is 3.29. The van der Waals surface area contributed by atoms with Gasteiger partial charge in [-0.25, -0.2) is 5.01 Å². The Hall–Kier alpha value is -4.20. The second kappa shape index (κ2) is 7.08. The van der Waals surface area contributed by atoms with Crippen LogP contribution in [0.1, 0.15) is 11.3 Å². The number of nitrogens with one attached hydrogen (secondary N) is 1. The summed E-state index contributed by atoms with van der Waals surface area (Å²) in [5, 5.41) is 12.2. The smallest absolute Gasteiger partial charge is 0.282 e. The Bertz CT molecular complexity index is 1160. The molecule has 1 N–H and O–H groups in total. The maximum absolute atomic E-state index is 12.6. The van der Waals surface area contributed by atoms with E-state index in [1.807, 2.05) is 13.0 Å². The van der Waals surface area contributed by atoms with Gasteiger partial charge in [0, 0.05) is 17.7 Å². The van der Waals surface area contributed by atoms with Gasteiger partial charge in [0.1, 0.15) is 17.1 Å². The molecule has 2 heterocycles. The highest BCUT2D eigenvalue weighted by atomic mass is 16.6. The maximum Gasteiger partial charge on any atom is 0.282 e. The first-order valence-corrected chi connectivity index (χ1v) is 8.71. The first kappa shape index (κ1) is 18.2. The number of non-ortho nitro benzene ring substituents is 1. The fourth-order valence-electron chi connectivity index (χ4n) is 3.02. The Kier molecular flexibility index (Phi) is 4.44. The Labute approximate surface area is 165 Å². The minimum Gasteiger partial charge on any atom is -0.457 e. The van der Waals surface area contributed by atoms with Crippen molar-refractivity contribution in [3.8, 4) is 11.3 Å². The maximum atomic E-state index is 12.6. The average molecular weight is 389 g/mol. The molecule has 2 aromatic carbocycles. The fourth-order valence-corrected chi connectivity index (χ4v) is 3.02. The van der Waals surface area contributed by atoms with Crippen LogP contribution >= 0.6 is 0 Å². The van der Waals surface area contributed by atoms with Crippen molar-refractivity contribution in [3.05, 3.63) is 87.7 Å². The summed E-state index contributed by atoms with van der Waals surface area (Å²) in [4.78, 5) is 35.4. The van der Waals surface area contributed by atoms with E-state index in [0.29, 0.717) is 22.8 Å². The van der Waals surface area contributed by atoms with Gasteiger partial charge in [-0.1, -0.05) is 24.3 Å². The number of carbonyl (C=O) groups is 2. The molecule has 144 valence electrons. The standard InChI is InChI=1S/C21H15N3O5/c1-13-7-8-15(24(27)28)11-17(13)19-10-9-16(29-19)12-18-20(25)22-23(21(18)26)14-5-3-2-4-6-14/h2-12H,1H3,(H,22,25)/b18-12+. The van der Waals surface area contributed by atoms with Crippen LogP contribution in [0.5, 0.6) is 0 Å². The molecule has 8 heteroatoms. The topological polar surface area (TPSA) is 106 Å². The van der Waals surface area contributed by atoms with E-state index in [0.717, 1.165) is 5.56 Å². The van der Waals surface area contributed by atoms with E-state index in [9.17, 15) is 19.7 Å². The lowest BCUT2D eigenvalue weighted by molar-refractivity contribution is -0.384. The highest BCUT2D eigenvalue weighted by molar-refractivity contribution is 6.31. The van der Waals surface area contributed by atoms with Gasteiger partial charge in [-0.2, -0.15) is 0 Å². The van der Waals surface area contributed by atoms with Gasteiger partial charge < -0.3 is 4.42 Å². The second-order valence-corrected chi connectivity index (χ2v) is 6.43. The molecule has 8 nitrogen and oxygen atoms in total. The van der Waals surface area contributed by atoms with Crippen molar-refractivity contribution in [3.63, 3.8) is 0 Å². The lowest BCUT2D eigenvalue weighted by atomic mass is 10.1. The minimum atomic E-state index is -0.539. The van der Waals surface area contributed by atoms with Gasteiger partial charge in [0.15, 0.2) is 0 Å². The number of carbonyl (C=O) groups excluding carboxylic acids is 2. The largest absolute Gasteiger partial charge is 0.457 e. The Morgan fingerprint density at radius 2 is 1.83 bits per heavy atom. The summed E-state index contributed by atoms with van der Waals surface area (Å²) < 4.78 is 5.74. The molecule has 1 aliphatic heterocycles. The Morgan fingerprint density at radius 1 is 1.07 bits per heavy atom. The molecule has 3 aromatic rings. The Morgan fingerprint density at radius 3 is 2.55 bits per heavy atom. The summed E-state index contributed by atoms with van der Waals surface area (Å²) in [6.45, 7) is 1.81. The predicted molar refractivity (Wildman–Crippen MR) is 106 cm³/mol. The van der Waals surface area contributed by atoms with Crippen molar-refractivity contribution in [2.45, 2.75) is 6.92 Å². The molecule has 1 fully saturated rings. The van der Waals surface area contributed by atoms with E-state index in [2.05, 4.69) is 5.43 Å².